The number of hydrogen-bond donors (Lipinski definition) is 2. The van der Waals surface area contributed by atoms with Gasteiger partial charge in [0, 0.05) is 11.8 Å². The highest BCUT2D eigenvalue weighted by molar-refractivity contribution is 7.90. The van der Waals surface area contributed by atoms with Gasteiger partial charge in [-0.05, 0) is 37.6 Å². The second-order valence-corrected chi connectivity index (χ2v) is 7.79. The van der Waals surface area contributed by atoms with Crippen molar-refractivity contribution in [1.29, 1.82) is 0 Å². The molecule has 0 aliphatic carbocycles. The predicted octanol–water partition coefficient (Wildman–Crippen LogP) is 3.82. The summed E-state index contributed by atoms with van der Waals surface area (Å²) in [6, 6.07) is 8.90. The van der Waals surface area contributed by atoms with Crippen LogP contribution in [0.4, 0.5) is 20.2 Å². The fourth-order valence-electron chi connectivity index (χ4n) is 2.87. The molecule has 1 aliphatic heterocycles. The van der Waals surface area contributed by atoms with Gasteiger partial charge in [-0.2, -0.15) is 8.42 Å². The molecule has 0 aromatic heterocycles. The third-order valence-corrected chi connectivity index (χ3v) is 5.53. The van der Waals surface area contributed by atoms with Crippen LogP contribution in [0.5, 0.6) is 0 Å². The molecule has 158 valence electrons. The van der Waals surface area contributed by atoms with Crippen molar-refractivity contribution in [2.24, 2.45) is 4.40 Å². The zero-order valence-electron chi connectivity index (χ0n) is 16.2. The first-order chi connectivity index (χ1) is 14.3. The summed E-state index contributed by atoms with van der Waals surface area (Å²) in [4.78, 5) is 11.8. The van der Waals surface area contributed by atoms with E-state index in [2.05, 4.69) is 15.0 Å². The predicted molar refractivity (Wildman–Crippen MR) is 109 cm³/mol. The molecule has 1 heterocycles. The maximum absolute atomic E-state index is 14.1. The second-order valence-electron chi connectivity index (χ2n) is 6.21. The number of nitrogens with one attached hydrogen (secondary N) is 2. The Hall–Kier alpha value is -3.27. The van der Waals surface area contributed by atoms with E-state index in [1.165, 1.54) is 0 Å². The number of allylic oxidation sites excluding steroid dienone is 1. The standard InChI is InChI=1S/C20H19F2N3O4S/c1-3-14-18(20(26)29-4-2)19(24-16-8-6-5-7-15(16)23-14)25-30(27,28)17-10-9-12(21)11-13(17)22/h5-11,23H,3-4H2,1-2H3,(H,24,25). The number of halogens is 2. The number of carbonyl (C=O) groups is 1. The van der Waals surface area contributed by atoms with Crippen LogP contribution in [0.25, 0.3) is 0 Å². The molecular weight excluding hydrogens is 416 g/mol. The number of para-hydroxylation sites is 2. The van der Waals surface area contributed by atoms with Crippen molar-refractivity contribution in [3.63, 3.8) is 0 Å². The summed E-state index contributed by atoms with van der Waals surface area (Å²) in [6.07, 6.45) is 0.328. The summed E-state index contributed by atoms with van der Waals surface area (Å²) >= 11 is 0. The highest BCUT2D eigenvalue weighted by Gasteiger charge is 2.29. The number of esters is 1. The van der Waals surface area contributed by atoms with Crippen molar-refractivity contribution < 1.29 is 26.7 Å². The molecule has 0 unspecified atom stereocenters. The molecule has 2 aromatic carbocycles. The Morgan fingerprint density at radius 3 is 2.33 bits per heavy atom. The first-order valence-corrected chi connectivity index (χ1v) is 10.5. The van der Waals surface area contributed by atoms with Gasteiger partial charge in [-0.15, -0.1) is 4.40 Å². The lowest BCUT2D eigenvalue weighted by molar-refractivity contribution is -0.137. The monoisotopic (exact) mass is 435 g/mol. The Morgan fingerprint density at radius 2 is 1.73 bits per heavy atom. The van der Waals surface area contributed by atoms with Crippen LogP contribution in [0.1, 0.15) is 20.3 Å². The van der Waals surface area contributed by atoms with Crippen LogP contribution in [0.15, 0.2) is 63.0 Å². The molecule has 0 bridgehead atoms. The van der Waals surface area contributed by atoms with Crippen molar-refractivity contribution in [1.82, 2.24) is 0 Å². The van der Waals surface area contributed by atoms with Gasteiger partial charge in [0.25, 0.3) is 10.0 Å². The lowest BCUT2D eigenvalue weighted by Crippen LogP contribution is -2.25. The smallest absolute Gasteiger partial charge is 0.343 e. The third-order valence-electron chi connectivity index (χ3n) is 4.22. The molecule has 0 radical (unpaired) electrons. The fraction of sp³-hybridized carbons (Fsp3) is 0.200. The minimum Gasteiger partial charge on any atom is -0.462 e. The molecule has 0 atom stereocenters. The second kappa shape index (κ2) is 8.62. The number of benzene rings is 2. The molecule has 0 saturated carbocycles. The molecule has 2 N–H and O–H groups in total. The Bertz CT molecular complexity index is 1160. The van der Waals surface area contributed by atoms with Crippen molar-refractivity contribution in [2.45, 2.75) is 25.2 Å². The highest BCUT2D eigenvalue weighted by atomic mass is 32.2. The number of amidine groups is 1. The van der Waals surface area contributed by atoms with Crippen LogP contribution in [-0.2, 0) is 19.6 Å². The average molecular weight is 435 g/mol. The molecule has 0 fully saturated rings. The number of sulfonamides is 1. The number of nitrogens with zero attached hydrogens (tertiary/aromatic N) is 1. The van der Waals surface area contributed by atoms with Gasteiger partial charge in [0.15, 0.2) is 5.84 Å². The molecule has 10 heteroatoms. The van der Waals surface area contributed by atoms with E-state index in [1.807, 2.05) is 0 Å². The van der Waals surface area contributed by atoms with Crippen LogP contribution in [0, 0.1) is 11.6 Å². The minimum absolute atomic E-state index is 0.0545. The van der Waals surface area contributed by atoms with Crippen molar-refractivity contribution >= 4 is 33.2 Å². The first kappa shape index (κ1) is 21.4. The number of ether oxygens (including phenoxy) is 1. The van der Waals surface area contributed by atoms with Gasteiger partial charge in [-0.1, -0.05) is 19.1 Å². The van der Waals surface area contributed by atoms with Gasteiger partial charge in [-0.3, -0.25) is 0 Å². The van der Waals surface area contributed by atoms with Gasteiger partial charge >= 0.3 is 5.97 Å². The number of hydrogen-bond acceptors (Lipinski definition) is 5. The quantitative estimate of drug-likeness (QED) is 0.693. The first-order valence-electron chi connectivity index (χ1n) is 9.10. The topological polar surface area (TPSA) is 96.9 Å². The summed E-state index contributed by atoms with van der Waals surface area (Å²) in [5.74, 6) is -3.34. The zero-order valence-corrected chi connectivity index (χ0v) is 17.0. The molecule has 0 spiro atoms. The Balaban J connectivity index is 2.22. The van der Waals surface area contributed by atoms with E-state index in [9.17, 15) is 22.0 Å². The maximum atomic E-state index is 14.1. The molecule has 1 aliphatic rings. The van der Waals surface area contributed by atoms with Crippen LogP contribution in [-0.4, -0.2) is 26.8 Å². The Morgan fingerprint density at radius 1 is 1.07 bits per heavy atom. The van der Waals surface area contributed by atoms with E-state index in [0.717, 1.165) is 12.1 Å². The summed E-state index contributed by atoms with van der Waals surface area (Å²) in [5, 5.41) is 5.91. The van der Waals surface area contributed by atoms with Gasteiger partial charge < -0.3 is 15.4 Å². The van der Waals surface area contributed by atoms with Crippen LogP contribution in [0.3, 0.4) is 0 Å². The van der Waals surface area contributed by atoms with Crippen molar-refractivity contribution in [3.8, 4) is 0 Å². The van der Waals surface area contributed by atoms with Gasteiger partial charge in [0.2, 0.25) is 0 Å². The fourth-order valence-corrected chi connectivity index (χ4v) is 3.89. The minimum atomic E-state index is -4.63. The van der Waals surface area contributed by atoms with E-state index in [-0.39, 0.29) is 18.0 Å². The maximum Gasteiger partial charge on any atom is 0.343 e. The van der Waals surface area contributed by atoms with E-state index < -0.39 is 32.5 Å². The van der Waals surface area contributed by atoms with E-state index in [4.69, 9.17) is 4.74 Å². The van der Waals surface area contributed by atoms with Gasteiger partial charge in [0.05, 0.1) is 18.0 Å². The largest absolute Gasteiger partial charge is 0.462 e. The summed E-state index contributed by atoms with van der Waals surface area (Å²) in [6.45, 7) is 3.43. The molecule has 3 rings (SSSR count). The SMILES string of the molecule is CCOC(=O)C1=C(CC)Nc2ccccc2NC1=NS(=O)(=O)c1ccc(F)cc1F. The lowest BCUT2D eigenvalue weighted by Gasteiger charge is -2.13. The summed E-state index contributed by atoms with van der Waals surface area (Å²) in [7, 11) is -4.63. The van der Waals surface area contributed by atoms with Crippen molar-refractivity contribution in [2.75, 3.05) is 17.2 Å². The number of carbonyl (C=O) groups excluding carboxylic acids is 1. The molecule has 30 heavy (non-hydrogen) atoms. The van der Waals surface area contributed by atoms with Crippen molar-refractivity contribution in [3.05, 3.63) is 65.4 Å². The van der Waals surface area contributed by atoms with Crippen LogP contribution >= 0.6 is 0 Å². The Kier molecular flexibility index (Phi) is 6.16. The van der Waals surface area contributed by atoms with E-state index in [0.29, 0.717) is 29.6 Å². The number of anilines is 2. The molecule has 0 amide bonds. The summed E-state index contributed by atoms with van der Waals surface area (Å²) in [5.41, 5.74) is 1.30. The third kappa shape index (κ3) is 4.33. The Labute approximate surface area is 172 Å². The zero-order chi connectivity index (χ0) is 21.9. The highest BCUT2D eigenvalue weighted by Crippen LogP contribution is 2.30. The van der Waals surface area contributed by atoms with Gasteiger partial charge in [0.1, 0.15) is 22.1 Å². The molecule has 0 saturated heterocycles. The lowest BCUT2D eigenvalue weighted by atomic mass is 10.1. The average Bonchev–Trinajstić information content (AvgIpc) is 2.83. The number of rotatable bonds is 5. The summed E-state index contributed by atoms with van der Waals surface area (Å²) < 4.78 is 61.7. The van der Waals surface area contributed by atoms with E-state index in [1.54, 1.807) is 38.1 Å². The molecular formula is C20H19F2N3O4S. The van der Waals surface area contributed by atoms with Crippen LogP contribution < -0.4 is 10.6 Å². The van der Waals surface area contributed by atoms with E-state index >= 15 is 0 Å². The normalized spacial score (nSPS) is 15.1. The van der Waals surface area contributed by atoms with Gasteiger partial charge in [-0.25, -0.2) is 13.6 Å². The van der Waals surface area contributed by atoms with Crippen LogP contribution in [0.2, 0.25) is 0 Å². The number of fused-ring (bicyclic) bond motifs is 1. The molecule has 2 aromatic rings. The molecule has 7 nitrogen and oxygen atoms in total.